The molecule has 0 saturated carbocycles. The fourth-order valence-electron chi connectivity index (χ4n) is 1.35. The first-order chi connectivity index (χ1) is 8.22. The summed E-state index contributed by atoms with van der Waals surface area (Å²) in [4.78, 5) is 15.5. The normalized spacial score (nSPS) is 10.7. The first kappa shape index (κ1) is 11.9. The minimum Gasteiger partial charge on any atom is -0.316 e. The van der Waals surface area contributed by atoms with Crippen molar-refractivity contribution in [2.75, 3.05) is 7.05 Å². The van der Waals surface area contributed by atoms with Crippen LogP contribution in [-0.2, 0) is 13.6 Å². The predicted molar refractivity (Wildman–Crippen MR) is 65.0 cm³/mol. The average Bonchev–Trinajstić information content (AvgIpc) is 2.64. The molecule has 2 aromatic heterocycles. The molecule has 2 N–H and O–H groups in total. The van der Waals surface area contributed by atoms with Gasteiger partial charge in [0.1, 0.15) is 5.03 Å². The molecule has 2 aromatic rings. The molecule has 0 radical (unpaired) electrons. The molecule has 0 atom stereocenters. The highest BCUT2D eigenvalue weighted by Crippen LogP contribution is 2.25. The molecule has 2 rings (SSSR count). The Bertz CT molecular complexity index is 562. The Labute approximate surface area is 102 Å². The highest BCUT2D eigenvalue weighted by atomic mass is 32.2. The molecule has 6 nitrogen and oxygen atoms in total. The van der Waals surface area contributed by atoms with E-state index >= 15 is 0 Å². The molecule has 17 heavy (non-hydrogen) atoms. The number of nitrogens with zero attached hydrogens (tertiary/aromatic N) is 3. The van der Waals surface area contributed by atoms with E-state index in [9.17, 15) is 4.79 Å². The van der Waals surface area contributed by atoms with Crippen molar-refractivity contribution in [3.05, 3.63) is 34.4 Å². The molecule has 7 heteroatoms. The van der Waals surface area contributed by atoms with Crippen molar-refractivity contribution in [1.29, 1.82) is 0 Å². The molecule has 0 aliphatic carbocycles. The van der Waals surface area contributed by atoms with Crippen LogP contribution in [0.15, 0.2) is 33.3 Å². The van der Waals surface area contributed by atoms with Gasteiger partial charge in [-0.25, -0.2) is 14.9 Å². The van der Waals surface area contributed by atoms with Gasteiger partial charge in [0.25, 0.3) is 0 Å². The second-order valence-electron chi connectivity index (χ2n) is 3.47. The van der Waals surface area contributed by atoms with Crippen molar-refractivity contribution >= 4 is 11.8 Å². The third-order valence-electron chi connectivity index (χ3n) is 2.24. The lowest BCUT2D eigenvalue weighted by Crippen LogP contribution is -2.13. The summed E-state index contributed by atoms with van der Waals surface area (Å²) in [7, 11) is 3.56. The van der Waals surface area contributed by atoms with Crippen molar-refractivity contribution < 1.29 is 0 Å². The maximum Gasteiger partial charge on any atom is 0.343 e. The van der Waals surface area contributed by atoms with Crippen LogP contribution in [0.3, 0.4) is 0 Å². The van der Waals surface area contributed by atoms with Gasteiger partial charge in [-0.05, 0) is 30.4 Å². The minimum atomic E-state index is -0.224. The summed E-state index contributed by atoms with van der Waals surface area (Å²) in [5.41, 5.74) is 0.856. The molecule has 0 saturated heterocycles. The molecule has 0 bridgehead atoms. The van der Waals surface area contributed by atoms with Gasteiger partial charge >= 0.3 is 5.69 Å². The lowest BCUT2D eigenvalue weighted by Gasteiger charge is -2.06. The number of pyridine rings is 1. The Morgan fingerprint density at radius 3 is 3.06 bits per heavy atom. The van der Waals surface area contributed by atoms with E-state index in [1.807, 2.05) is 19.2 Å². The molecule has 0 amide bonds. The van der Waals surface area contributed by atoms with E-state index in [4.69, 9.17) is 0 Å². The second-order valence-corrected chi connectivity index (χ2v) is 4.43. The van der Waals surface area contributed by atoms with E-state index in [1.54, 1.807) is 13.2 Å². The van der Waals surface area contributed by atoms with Gasteiger partial charge in [-0.15, -0.1) is 5.10 Å². The van der Waals surface area contributed by atoms with E-state index in [0.29, 0.717) is 5.16 Å². The topological polar surface area (TPSA) is 75.6 Å². The van der Waals surface area contributed by atoms with E-state index in [-0.39, 0.29) is 5.69 Å². The molecule has 0 aliphatic rings. The SMILES string of the molecule is CNCc1cccnc1Sc1n[nH]c(=O)n1C. The predicted octanol–water partition coefficient (Wildman–Crippen LogP) is 0.374. The molecule has 0 spiro atoms. The number of aromatic amines is 1. The van der Waals surface area contributed by atoms with Crippen LogP contribution in [0.4, 0.5) is 0 Å². The van der Waals surface area contributed by atoms with Gasteiger partial charge in [0.05, 0.1) is 0 Å². The van der Waals surface area contributed by atoms with Crippen LogP contribution in [0.2, 0.25) is 0 Å². The third-order valence-corrected chi connectivity index (χ3v) is 3.35. The maximum absolute atomic E-state index is 11.2. The highest BCUT2D eigenvalue weighted by Gasteiger charge is 2.10. The number of rotatable bonds is 4. The first-order valence-electron chi connectivity index (χ1n) is 5.10. The summed E-state index contributed by atoms with van der Waals surface area (Å²) < 4.78 is 1.46. The standard InChI is InChI=1S/C10H13N5OS/c1-11-6-7-4-3-5-12-8(7)17-10-14-13-9(16)15(10)2/h3-5,11H,6H2,1-2H3,(H,13,16). The van der Waals surface area contributed by atoms with E-state index in [0.717, 1.165) is 17.1 Å². The number of nitrogens with one attached hydrogen (secondary N) is 2. The summed E-state index contributed by atoms with van der Waals surface area (Å²) in [5, 5.41) is 10.9. The maximum atomic E-state index is 11.2. The van der Waals surface area contributed by atoms with Gasteiger partial charge in [-0.2, -0.15) is 0 Å². The van der Waals surface area contributed by atoms with Crippen LogP contribution in [0.25, 0.3) is 0 Å². The quantitative estimate of drug-likeness (QED) is 0.821. The third kappa shape index (κ3) is 2.56. The smallest absolute Gasteiger partial charge is 0.316 e. The summed E-state index contributed by atoms with van der Waals surface area (Å²) >= 11 is 1.37. The van der Waals surface area contributed by atoms with Crippen molar-refractivity contribution in [2.45, 2.75) is 16.7 Å². The largest absolute Gasteiger partial charge is 0.343 e. The van der Waals surface area contributed by atoms with Gasteiger partial charge in [-0.3, -0.25) is 4.57 Å². The van der Waals surface area contributed by atoms with Crippen LogP contribution in [0.1, 0.15) is 5.56 Å². The Morgan fingerprint density at radius 2 is 2.41 bits per heavy atom. The van der Waals surface area contributed by atoms with Gasteiger partial charge in [0.2, 0.25) is 0 Å². The van der Waals surface area contributed by atoms with Crippen molar-refractivity contribution in [2.24, 2.45) is 7.05 Å². The summed E-state index contributed by atoms with van der Waals surface area (Å²) in [6.07, 6.45) is 1.73. The summed E-state index contributed by atoms with van der Waals surface area (Å²) in [6, 6.07) is 3.89. The van der Waals surface area contributed by atoms with Crippen LogP contribution >= 0.6 is 11.8 Å². The Balaban J connectivity index is 2.29. The zero-order valence-electron chi connectivity index (χ0n) is 9.60. The fourth-order valence-corrected chi connectivity index (χ4v) is 2.22. The number of hydrogen-bond acceptors (Lipinski definition) is 5. The monoisotopic (exact) mass is 251 g/mol. The fraction of sp³-hybridized carbons (Fsp3) is 0.300. The Morgan fingerprint density at radius 1 is 1.59 bits per heavy atom. The number of aromatic nitrogens is 4. The molecule has 2 heterocycles. The van der Waals surface area contributed by atoms with E-state index < -0.39 is 0 Å². The average molecular weight is 251 g/mol. The van der Waals surface area contributed by atoms with Crippen LogP contribution < -0.4 is 11.0 Å². The molecule has 0 aliphatic heterocycles. The lowest BCUT2D eigenvalue weighted by molar-refractivity contribution is 0.759. The summed E-state index contributed by atoms with van der Waals surface area (Å²) in [5.74, 6) is 0. The zero-order valence-corrected chi connectivity index (χ0v) is 10.4. The zero-order chi connectivity index (χ0) is 12.3. The van der Waals surface area contributed by atoms with Crippen LogP contribution in [0.5, 0.6) is 0 Å². The molecule has 0 unspecified atom stereocenters. The summed E-state index contributed by atoms with van der Waals surface area (Å²) in [6.45, 7) is 0.731. The molecule has 0 aromatic carbocycles. The number of H-pyrrole nitrogens is 1. The number of hydrogen-bond donors (Lipinski definition) is 2. The first-order valence-corrected chi connectivity index (χ1v) is 5.91. The van der Waals surface area contributed by atoms with Gasteiger partial charge < -0.3 is 5.32 Å². The van der Waals surface area contributed by atoms with Gasteiger partial charge in [0.15, 0.2) is 5.16 Å². The molecule has 90 valence electrons. The highest BCUT2D eigenvalue weighted by molar-refractivity contribution is 7.99. The van der Waals surface area contributed by atoms with Crippen molar-refractivity contribution in [1.82, 2.24) is 25.1 Å². The van der Waals surface area contributed by atoms with E-state index in [2.05, 4.69) is 20.5 Å². The molecular formula is C10H13N5OS. The Kier molecular flexibility index (Phi) is 3.60. The molecular weight excluding hydrogens is 238 g/mol. The second kappa shape index (κ2) is 5.15. The minimum absolute atomic E-state index is 0.224. The molecule has 0 fully saturated rings. The van der Waals surface area contributed by atoms with Gasteiger partial charge in [-0.1, -0.05) is 6.07 Å². The van der Waals surface area contributed by atoms with Crippen LogP contribution in [0, 0.1) is 0 Å². The lowest BCUT2D eigenvalue weighted by atomic mass is 10.3. The van der Waals surface area contributed by atoms with Crippen LogP contribution in [-0.4, -0.2) is 26.8 Å². The van der Waals surface area contributed by atoms with E-state index in [1.165, 1.54) is 16.3 Å². The van der Waals surface area contributed by atoms with Crippen molar-refractivity contribution in [3.8, 4) is 0 Å². The van der Waals surface area contributed by atoms with Gasteiger partial charge in [0, 0.05) is 19.8 Å². The Hall–Kier alpha value is -1.60. The van der Waals surface area contributed by atoms with Crippen molar-refractivity contribution in [3.63, 3.8) is 0 Å².